The maximum absolute atomic E-state index is 15.4. The fraction of sp³-hybridized carbons (Fsp3) is 0.219. The summed E-state index contributed by atoms with van der Waals surface area (Å²) in [5.41, 5.74) is 2.41. The molecule has 13 heteroatoms. The van der Waals surface area contributed by atoms with E-state index in [0.29, 0.717) is 33.9 Å². The normalized spacial score (nSPS) is 12.1. The molecule has 0 saturated heterocycles. The molecule has 45 heavy (non-hydrogen) atoms. The molecule has 0 bridgehead atoms. The number of methoxy groups -OCH3 is 1. The fourth-order valence-electron chi connectivity index (χ4n) is 4.63. The van der Waals surface area contributed by atoms with E-state index in [1.54, 1.807) is 36.4 Å². The van der Waals surface area contributed by atoms with Crippen LogP contribution in [-0.2, 0) is 11.3 Å². The minimum absolute atomic E-state index is 0.0107. The molecule has 3 N–H and O–H groups in total. The molecule has 1 fully saturated rings. The van der Waals surface area contributed by atoms with Crippen LogP contribution in [-0.4, -0.2) is 59.0 Å². The van der Waals surface area contributed by atoms with Gasteiger partial charge in [-0.1, -0.05) is 18.2 Å². The Labute approximate surface area is 258 Å². The quantitative estimate of drug-likeness (QED) is 0.215. The van der Waals surface area contributed by atoms with E-state index in [9.17, 15) is 14.4 Å². The van der Waals surface area contributed by atoms with Crippen LogP contribution < -0.4 is 20.7 Å². The van der Waals surface area contributed by atoms with Gasteiger partial charge in [-0.05, 0) is 48.7 Å². The topological polar surface area (TPSA) is 143 Å². The van der Waals surface area contributed by atoms with Gasteiger partial charge < -0.3 is 25.6 Å². The van der Waals surface area contributed by atoms with Gasteiger partial charge >= 0.3 is 0 Å². The van der Waals surface area contributed by atoms with Gasteiger partial charge in [0.1, 0.15) is 11.6 Å². The molecule has 1 aliphatic carbocycles. The number of nitrogens with zero attached hydrogens (tertiary/aromatic N) is 5. The summed E-state index contributed by atoms with van der Waals surface area (Å²) in [4.78, 5) is 46.8. The van der Waals surface area contributed by atoms with Gasteiger partial charge in [0.05, 0.1) is 37.2 Å². The van der Waals surface area contributed by atoms with Gasteiger partial charge in [0.2, 0.25) is 5.91 Å². The van der Waals surface area contributed by atoms with Crippen molar-refractivity contribution in [2.75, 3.05) is 31.8 Å². The van der Waals surface area contributed by atoms with Crippen LogP contribution in [0.4, 0.5) is 27.3 Å². The van der Waals surface area contributed by atoms with E-state index in [4.69, 9.17) is 11.3 Å². The molecule has 1 aliphatic rings. The Morgan fingerprint density at radius 3 is 2.58 bits per heavy atom. The fourth-order valence-corrected chi connectivity index (χ4v) is 4.63. The van der Waals surface area contributed by atoms with Gasteiger partial charge in [-0.25, -0.2) is 9.24 Å². The van der Waals surface area contributed by atoms with E-state index in [0.717, 1.165) is 12.8 Å². The first kappa shape index (κ1) is 30.6. The third-order valence-electron chi connectivity index (χ3n) is 7.11. The van der Waals surface area contributed by atoms with Crippen molar-refractivity contribution < 1.29 is 23.5 Å². The average Bonchev–Trinajstić information content (AvgIpc) is 3.90. The van der Waals surface area contributed by atoms with Crippen LogP contribution in [0.3, 0.4) is 0 Å². The first-order valence-corrected chi connectivity index (χ1v) is 13.9. The van der Waals surface area contributed by atoms with Crippen molar-refractivity contribution in [1.82, 2.24) is 25.4 Å². The zero-order valence-electron chi connectivity index (χ0n) is 24.7. The Hall–Kier alpha value is -5.90. The van der Waals surface area contributed by atoms with Crippen LogP contribution in [0.15, 0.2) is 60.8 Å². The van der Waals surface area contributed by atoms with Gasteiger partial charge in [0.25, 0.3) is 11.8 Å². The van der Waals surface area contributed by atoms with Crippen molar-refractivity contribution in [1.29, 1.82) is 0 Å². The van der Waals surface area contributed by atoms with Crippen molar-refractivity contribution in [3.63, 3.8) is 0 Å². The summed E-state index contributed by atoms with van der Waals surface area (Å²) in [6, 6.07) is 14.1. The van der Waals surface area contributed by atoms with Gasteiger partial charge in [0.15, 0.2) is 17.2 Å². The molecule has 12 nitrogen and oxygen atoms in total. The van der Waals surface area contributed by atoms with E-state index < -0.39 is 17.6 Å². The van der Waals surface area contributed by atoms with Crippen molar-refractivity contribution in [2.45, 2.75) is 19.4 Å². The molecule has 0 unspecified atom stereocenters. The second kappa shape index (κ2) is 13.2. The van der Waals surface area contributed by atoms with Crippen LogP contribution >= 0.6 is 0 Å². The Bertz CT molecular complexity index is 1840. The second-order valence-electron chi connectivity index (χ2n) is 10.3. The van der Waals surface area contributed by atoms with Gasteiger partial charge in [0, 0.05) is 43.5 Å². The van der Waals surface area contributed by atoms with Crippen molar-refractivity contribution in [2.24, 2.45) is 5.92 Å². The lowest BCUT2D eigenvalue weighted by Gasteiger charge is -2.19. The highest BCUT2D eigenvalue weighted by Crippen LogP contribution is 2.39. The number of aromatic nitrogens is 3. The zero-order valence-corrected chi connectivity index (χ0v) is 24.7. The van der Waals surface area contributed by atoms with Gasteiger partial charge in [-0.2, -0.15) is 0 Å². The number of carbonyl (C=O) groups excluding carboxylic acids is 3. The van der Waals surface area contributed by atoms with Crippen LogP contribution in [0.2, 0.25) is 0 Å². The zero-order chi connectivity index (χ0) is 32.1. The number of nitrogens with one attached hydrogen (secondary N) is 3. The Morgan fingerprint density at radius 1 is 1.09 bits per heavy atom. The van der Waals surface area contributed by atoms with Crippen LogP contribution in [0, 0.1) is 18.3 Å². The molecular weight excluding hydrogens is 579 g/mol. The number of hydrogen-bond donors (Lipinski definition) is 3. The molecule has 2 heterocycles. The number of ether oxygens (including phenoxy) is 1. The van der Waals surface area contributed by atoms with Crippen molar-refractivity contribution in [3.05, 3.63) is 95.0 Å². The second-order valence-corrected chi connectivity index (χ2v) is 10.3. The molecule has 0 spiro atoms. The van der Waals surface area contributed by atoms with Crippen molar-refractivity contribution in [3.8, 4) is 16.9 Å². The summed E-state index contributed by atoms with van der Waals surface area (Å²) in [7, 11) is 4.45. The summed E-state index contributed by atoms with van der Waals surface area (Å²) in [5, 5.41) is 16.4. The van der Waals surface area contributed by atoms with E-state index in [-0.39, 0.29) is 41.1 Å². The van der Waals surface area contributed by atoms with Crippen LogP contribution in [0.1, 0.15) is 39.4 Å². The molecule has 5 rings (SSSR count). The first-order valence-electron chi connectivity index (χ1n) is 13.9. The molecule has 228 valence electrons. The number of benzene rings is 2. The highest BCUT2D eigenvalue weighted by atomic mass is 19.1. The largest absolute Gasteiger partial charge is 0.494 e. The number of amides is 3. The highest BCUT2D eigenvalue weighted by Gasteiger charge is 2.30. The molecule has 0 aliphatic heterocycles. The molecule has 2 aromatic carbocycles. The number of hydrogen-bond acceptors (Lipinski definition) is 8. The lowest BCUT2D eigenvalue weighted by atomic mass is 10.0. The first-order chi connectivity index (χ1) is 21.7. The Kier molecular flexibility index (Phi) is 8.94. The predicted octanol–water partition coefficient (Wildman–Crippen LogP) is 4.96. The number of rotatable bonds is 10. The van der Waals surface area contributed by atoms with Gasteiger partial charge in [-0.15, -0.1) is 10.2 Å². The lowest BCUT2D eigenvalue weighted by Crippen LogP contribution is -2.27. The number of pyridine rings is 1. The average molecular weight is 609 g/mol. The number of para-hydroxylation sites is 1. The van der Waals surface area contributed by atoms with Crippen LogP contribution in [0.25, 0.3) is 16.0 Å². The predicted molar refractivity (Wildman–Crippen MR) is 165 cm³/mol. The summed E-state index contributed by atoms with van der Waals surface area (Å²) in [5.74, 6) is -1.48. The standard InChI is InChI=1S/C32H29FN8O4/c1-34-20-12-13-36-21(15-20)17-41(3)32(44)23-11-10-19(14-24(23)33)22-6-5-7-25(29(22)45-4)37-26-16-27(38-30(42)18-8-9-18)39-40-28(26)31(43)35-2/h5-7,10-16,18H,8-9,17H2,2-4H3,(H,35,43)(H2,37,38,39,42). The van der Waals surface area contributed by atoms with E-state index >= 15 is 4.39 Å². The smallest absolute Gasteiger partial charge is 0.273 e. The van der Waals surface area contributed by atoms with E-state index in [1.165, 1.54) is 50.5 Å². The highest BCUT2D eigenvalue weighted by molar-refractivity contribution is 6.00. The molecular formula is C32H29FN8O4. The number of carbonyl (C=O) groups is 3. The Morgan fingerprint density at radius 2 is 1.89 bits per heavy atom. The van der Waals surface area contributed by atoms with E-state index in [1.807, 2.05) is 0 Å². The van der Waals surface area contributed by atoms with Crippen molar-refractivity contribution >= 4 is 40.6 Å². The summed E-state index contributed by atoms with van der Waals surface area (Å²) in [6.07, 6.45) is 3.11. The number of anilines is 3. The minimum atomic E-state index is -0.732. The third-order valence-corrected chi connectivity index (χ3v) is 7.11. The minimum Gasteiger partial charge on any atom is -0.494 e. The molecule has 3 amide bonds. The Balaban J connectivity index is 1.41. The molecule has 4 aromatic rings. The molecule has 2 aromatic heterocycles. The maximum atomic E-state index is 15.4. The van der Waals surface area contributed by atoms with E-state index in [2.05, 4.69) is 36.0 Å². The SMILES string of the molecule is [C-]#[N+]c1ccnc(CN(C)C(=O)c2ccc(-c3cccc(Nc4cc(NC(=O)C5CC5)nnc4C(=O)NC)c3OC)cc2F)c1. The number of halogens is 1. The van der Waals surface area contributed by atoms with Gasteiger partial charge in [-0.3, -0.25) is 19.4 Å². The molecule has 0 atom stereocenters. The molecule has 0 radical (unpaired) electrons. The summed E-state index contributed by atoms with van der Waals surface area (Å²) >= 11 is 0. The maximum Gasteiger partial charge on any atom is 0.273 e. The summed E-state index contributed by atoms with van der Waals surface area (Å²) in [6.45, 7) is 7.25. The third kappa shape index (κ3) is 6.86. The summed E-state index contributed by atoms with van der Waals surface area (Å²) < 4.78 is 21.1. The lowest BCUT2D eigenvalue weighted by molar-refractivity contribution is -0.117. The van der Waals surface area contributed by atoms with Crippen LogP contribution in [0.5, 0.6) is 5.75 Å². The monoisotopic (exact) mass is 608 g/mol. The molecule has 1 saturated carbocycles.